The summed E-state index contributed by atoms with van der Waals surface area (Å²) >= 11 is 0. The number of aryl methyl sites for hydroxylation is 8. The lowest BCUT2D eigenvalue weighted by Gasteiger charge is -2.30. The highest BCUT2D eigenvalue weighted by Crippen LogP contribution is 2.26. The first-order valence-electron chi connectivity index (χ1n) is 45.9. The number of rotatable bonds is 53. The molecule has 0 aromatic carbocycles. The molecule has 58 heteroatoms. The molecule has 58 nitrogen and oxygen atoms in total. The Balaban J connectivity index is 0.728. The lowest BCUT2D eigenvalue weighted by Crippen LogP contribution is -2.59. The lowest BCUT2D eigenvalue weighted by atomic mass is 10.0. The summed E-state index contributed by atoms with van der Waals surface area (Å²) in [4.78, 5) is 234. The predicted molar refractivity (Wildman–Crippen MR) is 531 cm³/mol. The number of primary amides is 1. The van der Waals surface area contributed by atoms with Crippen molar-refractivity contribution in [2.45, 2.75) is 133 Å². The molecule has 1 saturated heterocycles. The van der Waals surface area contributed by atoms with E-state index in [4.69, 9.17) is 61.4 Å². The Morgan fingerprint density at radius 1 is 0.338 bits per heavy atom. The minimum absolute atomic E-state index is 0.00801. The standard InChI is InChI=1S/C87H126N42O16/c1-121-33-31-99-67(121)79(142)120-63-45-128(8)69(119-63)81(144)111-50-38-60(125(5)43-50)77(140)107-46-34-57(122(2)39-46)73(136)100-24-14-22-64(130)117-62-44-127(7)68(118-62)80(143)110-49-37-61(126(6)42-49)78(141)109-48-36-59(124(4)41-48)76(139)108-47-35-58(123(3)40-47)74(137)101-30-23-65(131)112-55(20-13-29-106-87(97)98)82(145)129-32-15-21-56(129)75(138)116-54(19-12-28-105-86(95)96)72(135)115-53(18-11-27-104-85(93)94)71(134)114-52(17-10-26-103-84(91)92)70(133)113-51(66(88)132)16-9-25-102-83(89)90/h31,33-45,51-56H,9-30,32H2,1-8H3,(H2,88,132)(H,100,136)(H,101,137)(H,107,140)(H,108,139)(H,109,141)(H,110,143)(H,111,144)(H,112,131)(H,113,133)(H,114,134)(H,115,135)(H,116,138)(H,117,130)(H,120,142)(H4,89,90,102)(H4,91,92,103)(H4,93,94,104)(H4,95,96,105)(H4,97,98,106). The minimum atomic E-state index is -1.46. The van der Waals surface area contributed by atoms with Gasteiger partial charge in [0, 0.05) is 177 Å². The molecule has 16 amide bonds. The number of likely N-dealkylation sites (tertiary alicyclic amines) is 1. The van der Waals surface area contributed by atoms with Crippen LogP contribution in [0.3, 0.4) is 0 Å². The highest BCUT2D eigenvalue weighted by atomic mass is 16.2. The highest BCUT2D eigenvalue weighted by Gasteiger charge is 2.40. The first-order chi connectivity index (χ1) is 68.8. The molecule has 1 fully saturated rings. The predicted octanol–water partition coefficient (Wildman–Crippen LogP) is -4.42. The van der Waals surface area contributed by atoms with Crippen LogP contribution in [0.25, 0.3) is 0 Å². The number of hydrogen-bond acceptors (Lipinski definition) is 24. The van der Waals surface area contributed by atoms with E-state index in [0.29, 0.717) is 6.42 Å². The Morgan fingerprint density at radius 3 is 1.04 bits per heavy atom. The number of hydrogen-bond donors (Lipinski definition) is 30. The largest absolute Gasteiger partial charge is 0.370 e. The molecule has 0 bridgehead atoms. The van der Waals surface area contributed by atoms with Gasteiger partial charge in [0.25, 0.3) is 47.3 Å². The number of carbonyl (C=O) groups is 16. The van der Waals surface area contributed by atoms with E-state index in [2.05, 4.69) is 116 Å². The fourth-order valence-electron chi connectivity index (χ4n) is 15.5. The van der Waals surface area contributed by atoms with Gasteiger partial charge in [-0.25, -0.2) is 15.0 Å². The molecule has 1 aliphatic rings. The number of nitrogens with zero attached hydrogens (tertiary/aromatic N) is 12. The van der Waals surface area contributed by atoms with Gasteiger partial charge in [0.1, 0.15) is 64.7 Å². The van der Waals surface area contributed by atoms with Gasteiger partial charge in [-0.2, -0.15) is 0 Å². The molecule has 9 heterocycles. The first-order valence-corrected chi connectivity index (χ1v) is 45.9. The van der Waals surface area contributed by atoms with Crippen LogP contribution in [0.1, 0.15) is 181 Å². The Kier molecular flexibility index (Phi) is 39.8. The molecule has 0 spiro atoms. The smallest absolute Gasteiger partial charge is 0.292 e. The van der Waals surface area contributed by atoms with Gasteiger partial charge in [-0.15, -0.1) is 0 Å². The van der Waals surface area contributed by atoms with Crippen LogP contribution in [0.5, 0.6) is 0 Å². The molecule has 9 rings (SSSR count). The maximum absolute atomic E-state index is 14.8. The molecule has 8 aromatic rings. The van der Waals surface area contributed by atoms with Crippen molar-refractivity contribution in [1.29, 1.82) is 27.0 Å². The second-order valence-corrected chi connectivity index (χ2v) is 34.1. The van der Waals surface area contributed by atoms with Crippen molar-refractivity contribution in [1.82, 2.24) is 120 Å². The number of aromatic nitrogens is 11. The van der Waals surface area contributed by atoms with Gasteiger partial charge in [-0.3, -0.25) is 104 Å². The van der Waals surface area contributed by atoms with Gasteiger partial charge in [0.2, 0.25) is 58.9 Å². The van der Waals surface area contributed by atoms with Gasteiger partial charge >= 0.3 is 0 Å². The molecule has 0 radical (unpaired) electrons. The molecule has 6 unspecified atom stereocenters. The average Bonchev–Trinajstić information content (AvgIpc) is 1.69. The Morgan fingerprint density at radius 2 is 0.669 bits per heavy atom. The van der Waals surface area contributed by atoms with Crippen LogP contribution in [-0.2, 0) is 94.7 Å². The normalized spacial score (nSPS) is 13.0. The first kappa shape index (κ1) is 111. The van der Waals surface area contributed by atoms with Crippen molar-refractivity contribution < 1.29 is 76.7 Å². The number of nitrogens with one attached hydrogen (secondary N) is 24. The van der Waals surface area contributed by atoms with E-state index in [1.165, 1.54) is 135 Å². The Bertz CT molecular complexity index is 6160. The quantitative estimate of drug-likeness (QED) is 0.00972. The average molecular weight is 2020 g/mol. The van der Waals surface area contributed by atoms with E-state index >= 15 is 0 Å². The Labute approximate surface area is 829 Å². The van der Waals surface area contributed by atoms with Crippen LogP contribution in [0, 0.1) is 27.0 Å². The van der Waals surface area contributed by atoms with E-state index in [9.17, 15) is 76.7 Å². The molecule has 0 aliphatic carbocycles. The number of anilines is 7. The van der Waals surface area contributed by atoms with Gasteiger partial charge in [-0.1, -0.05) is 0 Å². The number of nitrogens with two attached hydrogens (primary N) is 6. The number of guanidine groups is 5. The van der Waals surface area contributed by atoms with Gasteiger partial charge in [0.05, 0.1) is 28.4 Å². The highest BCUT2D eigenvalue weighted by molar-refractivity contribution is 6.11. The van der Waals surface area contributed by atoms with Crippen LogP contribution in [0.4, 0.5) is 40.1 Å². The Hall–Kier alpha value is -18.1. The molecule has 0 saturated carbocycles. The van der Waals surface area contributed by atoms with E-state index in [-0.39, 0.29) is 246 Å². The van der Waals surface area contributed by atoms with Gasteiger partial charge in [0.15, 0.2) is 47.3 Å². The van der Waals surface area contributed by atoms with Crippen molar-refractivity contribution in [2.75, 3.05) is 89.6 Å². The number of amides is 16. The third-order valence-electron chi connectivity index (χ3n) is 22.6. The molecule has 1 aliphatic heterocycles. The van der Waals surface area contributed by atoms with E-state index < -0.39 is 143 Å². The zero-order valence-corrected chi connectivity index (χ0v) is 81.2. The third kappa shape index (κ3) is 33.0. The summed E-state index contributed by atoms with van der Waals surface area (Å²) in [6, 6.07) is -0.919. The minimum Gasteiger partial charge on any atom is -0.370 e. The number of carbonyl (C=O) groups excluding carboxylic acids is 16. The fraction of sp³-hybridized carbons (Fsp3) is 0.425. The van der Waals surface area contributed by atoms with Crippen molar-refractivity contribution >= 4 is 164 Å². The summed E-state index contributed by atoms with van der Waals surface area (Å²) < 4.78 is 11.7. The summed E-state index contributed by atoms with van der Waals surface area (Å²) in [5, 5.41) is 88.7. The monoisotopic (exact) mass is 2020 g/mol. The zero-order chi connectivity index (χ0) is 106. The summed E-state index contributed by atoms with van der Waals surface area (Å²) in [5.74, 6) is -12.7. The van der Waals surface area contributed by atoms with Crippen LogP contribution in [-0.4, -0.2) is 269 Å². The van der Waals surface area contributed by atoms with Crippen LogP contribution in [0.2, 0.25) is 0 Å². The molecular weight excluding hydrogens is 1890 g/mol. The van der Waals surface area contributed by atoms with Crippen LogP contribution in [0.15, 0.2) is 86.1 Å². The van der Waals surface area contributed by atoms with Crippen molar-refractivity contribution in [3.63, 3.8) is 0 Å². The van der Waals surface area contributed by atoms with Crippen molar-refractivity contribution in [2.24, 2.45) is 90.8 Å². The SMILES string of the molecule is Cn1cc(NC(=O)c2cc(NC(=O)c3nc(NC(=O)c4nccn4C)cn3C)cn2C)cc1C(=O)NCCCC(=O)Nc1cn(C)c(C(=O)Nc2cc(C(=O)Nc3cc(C(=O)Nc4cc(C(=O)NCCC(=O)NC(CCCNC(=N)N)C(=O)N5CCCC5C(=O)NC(CCCNC(=N)N)C(=O)NC(CCCNC(=N)N)C(=O)NC(CCCNC(=N)N)C(=O)NC(CCCNC(=N)N)C(N)=O)n(C)c4)n(C)c3)n(C)c2)n1. The topological polar surface area (TPSA) is 858 Å². The summed E-state index contributed by atoms with van der Waals surface area (Å²) in [6.07, 6.45) is 13.9. The second kappa shape index (κ2) is 52.2. The third-order valence-corrected chi connectivity index (χ3v) is 22.6. The fourth-order valence-corrected chi connectivity index (χ4v) is 15.5. The molecule has 8 aromatic heterocycles. The molecule has 145 heavy (non-hydrogen) atoms. The van der Waals surface area contributed by atoms with Gasteiger partial charge < -0.3 is 177 Å². The maximum atomic E-state index is 14.8. The van der Waals surface area contributed by atoms with Crippen molar-refractivity contribution in [3.05, 3.63) is 132 Å². The molecule has 780 valence electrons. The van der Waals surface area contributed by atoms with Gasteiger partial charge in [-0.05, 0) is 114 Å². The number of imidazole rings is 3. The van der Waals surface area contributed by atoms with E-state index in [1.54, 1.807) is 48.5 Å². The maximum Gasteiger partial charge on any atom is 0.292 e. The van der Waals surface area contributed by atoms with E-state index in [1.807, 2.05) is 0 Å². The molecule has 6 atom stereocenters. The van der Waals surface area contributed by atoms with Crippen LogP contribution < -0.4 is 135 Å². The van der Waals surface area contributed by atoms with E-state index in [0.717, 1.165) is 0 Å². The second-order valence-electron chi connectivity index (χ2n) is 34.1. The molecule has 36 N–H and O–H groups in total. The summed E-state index contributed by atoms with van der Waals surface area (Å²) in [7, 11) is 12.6. The lowest BCUT2D eigenvalue weighted by molar-refractivity contribution is -0.142. The van der Waals surface area contributed by atoms with Crippen LogP contribution >= 0.6 is 0 Å². The van der Waals surface area contributed by atoms with Crippen molar-refractivity contribution in [3.8, 4) is 0 Å². The summed E-state index contributed by atoms with van der Waals surface area (Å²) in [6.45, 7) is 0.258. The summed E-state index contributed by atoms with van der Waals surface area (Å²) in [5.41, 5.74) is 34.8. The molecular formula is C87H126N42O16. The zero-order valence-electron chi connectivity index (χ0n) is 81.2.